The third kappa shape index (κ3) is 4.73. The van der Waals surface area contributed by atoms with Crippen LogP contribution < -0.4 is 5.32 Å². The summed E-state index contributed by atoms with van der Waals surface area (Å²) in [5.74, 6) is -0.513. The molecule has 158 valence electrons. The molecule has 5 nitrogen and oxygen atoms in total. The average molecular weight is 447 g/mol. The molecule has 0 bridgehead atoms. The number of carbonyl (C=O) groups is 1. The smallest absolute Gasteiger partial charge is 0.256 e. The van der Waals surface area contributed by atoms with Gasteiger partial charge in [-0.25, -0.2) is 14.1 Å². The largest absolute Gasteiger partial charge is 0.352 e. The number of aromatic nitrogens is 3. The molecule has 2 heterocycles. The number of halogens is 2. The van der Waals surface area contributed by atoms with Crippen LogP contribution in [0.25, 0.3) is 0 Å². The zero-order valence-electron chi connectivity index (χ0n) is 16.9. The number of hydrogen-bond acceptors (Lipinski definition) is 4. The first-order valence-corrected chi connectivity index (χ1v) is 11.4. The number of thiazole rings is 1. The SMILES string of the molecule is Cc1nn(Cc2ccc(F)cc2)c(Cl)c1C(=O)NCCCc1nc2c(s1)CCCC2. The highest BCUT2D eigenvalue weighted by molar-refractivity contribution is 7.11. The lowest BCUT2D eigenvalue weighted by Crippen LogP contribution is -2.25. The molecule has 1 aliphatic rings. The van der Waals surface area contributed by atoms with Crippen molar-refractivity contribution in [1.82, 2.24) is 20.1 Å². The van der Waals surface area contributed by atoms with E-state index in [4.69, 9.17) is 16.6 Å². The summed E-state index contributed by atoms with van der Waals surface area (Å²) in [5.41, 5.74) is 3.11. The highest BCUT2D eigenvalue weighted by Crippen LogP contribution is 2.27. The van der Waals surface area contributed by atoms with Gasteiger partial charge >= 0.3 is 0 Å². The topological polar surface area (TPSA) is 59.8 Å². The van der Waals surface area contributed by atoms with Gasteiger partial charge in [-0.3, -0.25) is 4.79 Å². The molecule has 0 spiro atoms. The fourth-order valence-electron chi connectivity index (χ4n) is 3.72. The Balaban J connectivity index is 1.32. The summed E-state index contributed by atoms with van der Waals surface area (Å²) >= 11 is 8.25. The predicted molar refractivity (Wildman–Crippen MR) is 117 cm³/mol. The van der Waals surface area contributed by atoms with Gasteiger partial charge in [-0.1, -0.05) is 23.7 Å². The van der Waals surface area contributed by atoms with Crippen LogP contribution in [0, 0.1) is 12.7 Å². The van der Waals surface area contributed by atoms with Crippen molar-refractivity contribution in [1.29, 1.82) is 0 Å². The molecule has 8 heteroatoms. The van der Waals surface area contributed by atoms with E-state index in [0.717, 1.165) is 36.3 Å². The Kier molecular flexibility index (Phi) is 6.49. The lowest BCUT2D eigenvalue weighted by molar-refractivity contribution is 0.0952. The number of carbonyl (C=O) groups excluding carboxylic acids is 1. The number of aryl methyl sites for hydroxylation is 4. The third-order valence-electron chi connectivity index (χ3n) is 5.28. The predicted octanol–water partition coefficient (Wildman–Crippen LogP) is 4.73. The Morgan fingerprint density at radius 3 is 2.80 bits per heavy atom. The minimum atomic E-state index is -0.292. The van der Waals surface area contributed by atoms with Crippen molar-refractivity contribution >= 4 is 28.8 Å². The monoisotopic (exact) mass is 446 g/mol. The Hall–Kier alpha value is -2.25. The standard InChI is InChI=1S/C22H24ClFN4OS/c1-14-20(21(23)28(27-14)13-15-8-10-16(24)11-9-15)22(29)25-12-4-7-19-26-17-5-2-3-6-18(17)30-19/h8-11H,2-7,12-13H2,1H3,(H,25,29). The first-order valence-electron chi connectivity index (χ1n) is 10.2. The maximum absolute atomic E-state index is 13.1. The highest BCUT2D eigenvalue weighted by Gasteiger charge is 2.20. The fourth-order valence-corrected chi connectivity index (χ4v) is 5.24. The van der Waals surface area contributed by atoms with E-state index >= 15 is 0 Å². The van der Waals surface area contributed by atoms with Crippen molar-refractivity contribution in [2.45, 2.75) is 52.0 Å². The maximum Gasteiger partial charge on any atom is 0.256 e. The molecular formula is C22H24ClFN4OS. The normalized spacial score (nSPS) is 13.3. The van der Waals surface area contributed by atoms with Crippen LogP contribution in [0.4, 0.5) is 4.39 Å². The van der Waals surface area contributed by atoms with Crippen molar-refractivity contribution in [3.63, 3.8) is 0 Å². The van der Waals surface area contributed by atoms with E-state index in [2.05, 4.69) is 10.4 Å². The Bertz CT molecular complexity index is 1020. The summed E-state index contributed by atoms with van der Waals surface area (Å²) < 4.78 is 14.7. The molecular weight excluding hydrogens is 423 g/mol. The number of benzene rings is 1. The van der Waals surface area contributed by atoms with E-state index in [9.17, 15) is 9.18 Å². The molecule has 0 unspecified atom stereocenters. The van der Waals surface area contributed by atoms with Crippen molar-refractivity contribution < 1.29 is 9.18 Å². The number of rotatable bonds is 7. The summed E-state index contributed by atoms with van der Waals surface area (Å²) in [6.07, 6.45) is 6.46. The van der Waals surface area contributed by atoms with Gasteiger partial charge in [0.05, 0.1) is 28.5 Å². The molecule has 0 aliphatic heterocycles. The zero-order chi connectivity index (χ0) is 21.1. The van der Waals surface area contributed by atoms with Crippen molar-refractivity contribution in [3.8, 4) is 0 Å². The molecule has 4 rings (SSSR count). The number of hydrogen-bond donors (Lipinski definition) is 1. The number of nitrogens with one attached hydrogen (secondary N) is 1. The summed E-state index contributed by atoms with van der Waals surface area (Å²) in [5, 5.41) is 8.79. The molecule has 0 fully saturated rings. The molecule has 1 aromatic carbocycles. The van der Waals surface area contributed by atoms with Crippen LogP contribution in [0.3, 0.4) is 0 Å². The lowest BCUT2D eigenvalue weighted by atomic mass is 10.0. The molecule has 2 aromatic heterocycles. The van der Waals surface area contributed by atoms with Crippen LogP contribution in [-0.4, -0.2) is 27.2 Å². The molecule has 0 saturated carbocycles. The zero-order valence-corrected chi connectivity index (χ0v) is 18.5. The van der Waals surface area contributed by atoms with Gasteiger partial charge in [0.25, 0.3) is 5.91 Å². The molecule has 1 aliphatic carbocycles. The second-order valence-electron chi connectivity index (χ2n) is 7.58. The van der Waals surface area contributed by atoms with E-state index < -0.39 is 0 Å². The second-order valence-corrected chi connectivity index (χ2v) is 9.11. The molecule has 30 heavy (non-hydrogen) atoms. The summed E-state index contributed by atoms with van der Waals surface area (Å²) in [6.45, 7) is 2.70. The van der Waals surface area contributed by atoms with Gasteiger partial charge in [0.1, 0.15) is 11.0 Å². The minimum Gasteiger partial charge on any atom is -0.352 e. The van der Waals surface area contributed by atoms with Crippen molar-refractivity contribution in [2.24, 2.45) is 0 Å². The lowest BCUT2D eigenvalue weighted by Gasteiger charge is -2.06. The molecule has 0 atom stereocenters. The van der Waals surface area contributed by atoms with E-state index in [0.29, 0.717) is 29.5 Å². The van der Waals surface area contributed by atoms with E-state index in [-0.39, 0.29) is 11.7 Å². The van der Waals surface area contributed by atoms with E-state index in [1.54, 1.807) is 23.7 Å². The molecule has 3 aromatic rings. The second kappa shape index (κ2) is 9.27. The van der Waals surface area contributed by atoms with Crippen LogP contribution in [0.2, 0.25) is 5.15 Å². The van der Waals surface area contributed by atoms with E-state index in [1.807, 2.05) is 11.3 Å². The summed E-state index contributed by atoms with van der Waals surface area (Å²) in [6, 6.07) is 6.15. The molecule has 0 radical (unpaired) electrons. The summed E-state index contributed by atoms with van der Waals surface area (Å²) in [7, 11) is 0. The maximum atomic E-state index is 13.1. The van der Waals surface area contributed by atoms with Crippen LogP contribution in [0.1, 0.15) is 56.5 Å². The number of nitrogens with zero attached hydrogens (tertiary/aromatic N) is 3. The minimum absolute atomic E-state index is 0.221. The highest BCUT2D eigenvalue weighted by atomic mass is 35.5. The molecule has 1 amide bonds. The van der Waals surface area contributed by atoms with E-state index in [1.165, 1.54) is 35.5 Å². The third-order valence-corrected chi connectivity index (χ3v) is 6.88. The first kappa shape index (κ1) is 21.0. The van der Waals surface area contributed by atoms with Crippen LogP contribution in [0.15, 0.2) is 24.3 Å². The van der Waals surface area contributed by atoms with Crippen LogP contribution in [-0.2, 0) is 25.8 Å². The quantitative estimate of drug-likeness (QED) is 0.534. The number of amides is 1. The fraction of sp³-hybridized carbons (Fsp3) is 0.409. The number of fused-ring (bicyclic) bond motifs is 1. The van der Waals surface area contributed by atoms with Crippen molar-refractivity contribution in [2.75, 3.05) is 6.54 Å². The van der Waals surface area contributed by atoms with Gasteiger partial charge in [-0.2, -0.15) is 5.10 Å². The van der Waals surface area contributed by atoms with Gasteiger partial charge in [0.2, 0.25) is 0 Å². The molecule has 0 saturated heterocycles. The van der Waals surface area contributed by atoms with Crippen molar-refractivity contribution in [3.05, 3.63) is 67.6 Å². The van der Waals surface area contributed by atoms with Crippen LogP contribution in [0.5, 0.6) is 0 Å². The van der Waals surface area contributed by atoms with Gasteiger partial charge in [0, 0.05) is 17.8 Å². The average Bonchev–Trinajstić information content (AvgIpc) is 3.27. The van der Waals surface area contributed by atoms with Gasteiger partial charge < -0.3 is 5.32 Å². The van der Waals surface area contributed by atoms with Crippen LogP contribution >= 0.6 is 22.9 Å². The summed E-state index contributed by atoms with van der Waals surface area (Å²) in [4.78, 5) is 18.8. The Morgan fingerprint density at radius 2 is 2.03 bits per heavy atom. The Morgan fingerprint density at radius 1 is 1.27 bits per heavy atom. The molecule has 1 N–H and O–H groups in total. The van der Waals surface area contributed by atoms with Gasteiger partial charge in [-0.15, -0.1) is 11.3 Å². The first-order chi connectivity index (χ1) is 14.5. The van der Waals surface area contributed by atoms with Gasteiger partial charge in [0.15, 0.2) is 0 Å². The Labute approximate surface area is 184 Å². The van der Waals surface area contributed by atoms with Gasteiger partial charge in [-0.05, 0) is 56.7 Å².